The number of likely N-dealkylation sites (tertiary alicyclic amines) is 1. The maximum Gasteiger partial charge on any atom is 0.244 e. The molecule has 8 heteroatoms. The van der Waals surface area contributed by atoms with Crippen molar-refractivity contribution < 1.29 is 9.59 Å². The van der Waals surface area contributed by atoms with Gasteiger partial charge in [0.15, 0.2) is 0 Å². The van der Waals surface area contributed by atoms with E-state index in [0.717, 1.165) is 11.3 Å². The van der Waals surface area contributed by atoms with E-state index in [1.54, 1.807) is 27.1 Å². The van der Waals surface area contributed by atoms with Crippen LogP contribution in [0.15, 0.2) is 48.0 Å². The Morgan fingerprint density at radius 2 is 2.03 bits per heavy atom. The molecule has 1 aromatic carbocycles. The molecule has 0 bridgehead atoms. The summed E-state index contributed by atoms with van der Waals surface area (Å²) in [4.78, 5) is 28.9. The van der Waals surface area contributed by atoms with Gasteiger partial charge < -0.3 is 10.2 Å². The van der Waals surface area contributed by atoms with Crippen LogP contribution in [0.1, 0.15) is 24.6 Å². The number of hydrogen-bond acceptors (Lipinski definition) is 5. The van der Waals surface area contributed by atoms with Crippen LogP contribution in [0.2, 0.25) is 0 Å². The smallest absolute Gasteiger partial charge is 0.244 e. The fourth-order valence-electron chi connectivity index (χ4n) is 4.17. The number of thiophene rings is 1. The minimum Gasteiger partial charge on any atom is -0.356 e. The molecule has 1 fully saturated rings. The van der Waals surface area contributed by atoms with E-state index < -0.39 is 5.41 Å². The van der Waals surface area contributed by atoms with Gasteiger partial charge in [-0.3, -0.25) is 9.59 Å². The second-order valence-corrected chi connectivity index (χ2v) is 9.06. The highest BCUT2D eigenvalue weighted by Gasteiger charge is 2.45. The highest BCUT2D eigenvalue weighted by Crippen LogP contribution is 2.35. The number of carbonyl (C=O) groups is 2. The molecule has 0 saturated carbocycles. The van der Waals surface area contributed by atoms with Crippen LogP contribution < -0.4 is 5.32 Å². The lowest BCUT2D eigenvalue weighted by molar-refractivity contribution is -0.133. The molecule has 2 aromatic heterocycles. The van der Waals surface area contributed by atoms with E-state index in [9.17, 15) is 9.59 Å². The zero-order valence-corrected chi connectivity index (χ0v) is 18.7. The molecule has 0 spiro atoms. The van der Waals surface area contributed by atoms with Gasteiger partial charge >= 0.3 is 0 Å². The molecule has 1 saturated heterocycles. The van der Waals surface area contributed by atoms with Gasteiger partial charge in [-0.05, 0) is 49.3 Å². The molecule has 2 amide bonds. The van der Waals surface area contributed by atoms with Gasteiger partial charge in [-0.1, -0.05) is 35.5 Å². The number of hydrogen-bond donors (Lipinski definition) is 1. The first-order chi connectivity index (χ1) is 15.0. The zero-order chi connectivity index (χ0) is 21.8. The average Bonchev–Trinajstić information content (AvgIpc) is 3.51. The zero-order valence-electron chi connectivity index (χ0n) is 17.9. The minimum absolute atomic E-state index is 0.0178. The number of benzene rings is 1. The van der Waals surface area contributed by atoms with Gasteiger partial charge in [0.05, 0.1) is 11.1 Å². The predicted molar refractivity (Wildman–Crippen MR) is 121 cm³/mol. The lowest BCUT2D eigenvalue weighted by Gasteiger charge is -2.28. The number of rotatable bonds is 7. The molecule has 0 radical (unpaired) electrons. The topological polar surface area (TPSA) is 80.1 Å². The van der Waals surface area contributed by atoms with Crippen LogP contribution >= 0.6 is 11.3 Å². The van der Waals surface area contributed by atoms with E-state index in [4.69, 9.17) is 0 Å². The molecule has 0 unspecified atom stereocenters. The Labute approximate surface area is 186 Å². The second kappa shape index (κ2) is 9.01. The second-order valence-electron chi connectivity index (χ2n) is 8.11. The van der Waals surface area contributed by atoms with Crippen molar-refractivity contribution in [2.75, 3.05) is 19.6 Å². The number of aryl methyl sites for hydroxylation is 1. The summed E-state index contributed by atoms with van der Waals surface area (Å²) in [5.41, 5.74) is 2.44. The summed E-state index contributed by atoms with van der Waals surface area (Å²) >= 11 is 1.71. The largest absolute Gasteiger partial charge is 0.356 e. The molecule has 162 valence electrons. The number of carbonyl (C=O) groups excluding carboxylic acids is 2. The standard InChI is InChI=1S/C23H27N5O2S/c1-3-24-22(30)23(13-18-6-8-19(9-7-18)20-5-4-12-31-20)10-11-27(16-23)21(29)15-28-14-17(2)25-26-28/h4-9,12,14H,3,10-11,13,15-16H2,1-2H3,(H,24,30)/t23-/m0/s1. The summed E-state index contributed by atoms with van der Waals surface area (Å²) in [5, 5.41) is 13.0. The van der Waals surface area contributed by atoms with Crippen LogP contribution in [0.4, 0.5) is 0 Å². The number of aromatic nitrogens is 3. The first kappa shape index (κ1) is 21.2. The summed E-state index contributed by atoms with van der Waals surface area (Å²) in [6, 6.07) is 12.6. The minimum atomic E-state index is -0.617. The summed E-state index contributed by atoms with van der Waals surface area (Å²) in [5.74, 6) is -0.0200. The third-order valence-electron chi connectivity index (χ3n) is 5.78. The highest BCUT2D eigenvalue weighted by molar-refractivity contribution is 7.13. The van der Waals surface area contributed by atoms with Crippen molar-refractivity contribution in [3.63, 3.8) is 0 Å². The van der Waals surface area contributed by atoms with Crippen molar-refractivity contribution in [1.29, 1.82) is 0 Å². The van der Waals surface area contributed by atoms with Crippen LogP contribution in [0, 0.1) is 12.3 Å². The molecule has 3 heterocycles. The average molecular weight is 438 g/mol. The molecule has 3 aromatic rings. The van der Waals surface area contributed by atoms with Crippen molar-refractivity contribution in [2.24, 2.45) is 5.41 Å². The third kappa shape index (κ3) is 4.69. The molecule has 1 aliphatic heterocycles. The van der Waals surface area contributed by atoms with E-state index >= 15 is 0 Å². The molecule has 1 atom stereocenters. The number of nitrogens with one attached hydrogen (secondary N) is 1. The summed E-state index contributed by atoms with van der Waals surface area (Å²) in [7, 11) is 0. The normalized spacial score (nSPS) is 18.3. The number of nitrogens with zero attached hydrogens (tertiary/aromatic N) is 4. The van der Waals surface area contributed by atoms with Crippen LogP contribution in [-0.2, 0) is 22.6 Å². The summed E-state index contributed by atoms with van der Waals surface area (Å²) < 4.78 is 1.55. The van der Waals surface area contributed by atoms with Crippen molar-refractivity contribution >= 4 is 23.2 Å². The van der Waals surface area contributed by atoms with Gasteiger partial charge in [0.1, 0.15) is 6.54 Å². The fourth-order valence-corrected chi connectivity index (χ4v) is 4.91. The summed E-state index contributed by atoms with van der Waals surface area (Å²) in [6.07, 6.45) is 3.00. The lowest BCUT2D eigenvalue weighted by Crippen LogP contribution is -2.45. The van der Waals surface area contributed by atoms with E-state index in [-0.39, 0.29) is 18.4 Å². The van der Waals surface area contributed by atoms with Crippen LogP contribution in [0.3, 0.4) is 0 Å². The van der Waals surface area contributed by atoms with E-state index in [1.165, 1.54) is 10.4 Å². The van der Waals surface area contributed by atoms with E-state index in [0.29, 0.717) is 32.5 Å². The van der Waals surface area contributed by atoms with Gasteiger partial charge in [-0.25, -0.2) is 4.68 Å². The first-order valence-electron chi connectivity index (χ1n) is 10.5. The lowest BCUT2D eigenvalue weighted by atomic mass is 9.79. The molecule has 0 aliphatic carbocycles. The molecular weight excluding hydrogens is 410 g/mol. The Hall–Kier alpha value is -3.00. The molecule has 7 nitrogen and oxygen atoms in total. The van der Waals surface area contributed by atoms with Gasteiger partial charge in [-0.15, -0.1) is 16.4 Å². The van der Waals surface area contributed by atoms with Crippen LogP contribution in [0.25, 0.3) is 10.4 Å². The van der Waals surface area contributed by atoms with Gasteiger partial charge in [-0.2, -0.15) is 0 Å². The van der Waals surface area contributed by atoms with Gasteiger partial charge in [0.2, 0.25) is 11.8 Å². The quantitative estimate of drug-likeness (QED) is 0.616. The Morgan fingerprint density at radius 3 is 2.68 bits per heavy atom. The number of amides is 2. The highest BCUT2D eigenvalue weighted by atomic mass is 32.1. The van der Waals surface area contributed by atoms with Crippen molar-refractivity contribution in [2.45, 2.75) is 33.2 Å². The monoisotopic (exact) mass is 437 g/mol. The molecule has 31 heavy (non-hydrogen) atoms. The van der Waals surface area contributed by atoms with Gasteiger partial charge in [0, 0.05) is 30.7 Å². The molecule has 1 N–H and O–H groups in total. The Kier molecular flexibility index (Phi) is 6.18. The SMILES string of the molecule is CCNC(=O)[C@]1(Cc2ccc(-c3cccs3)cc2)CCN(C(=O)Cn2cc(C)nn2)C1. The fraction of sp³-hybridized carbons (Fsp3) is 0.391. The third-order valence-corrected chi connectivity index (χ3v) is 6.70. The van der Waals surface area contributed by atoms with Crippen LogP contribution in [0.5, 0.6) is 0 Å². The molecular formula is C23H27N5O2S. The molecule has 1 aliphatic rings. The predicted octanol–water partition coefficient (Wildman–Crippen LogP) is 2.91. The first-order valence-corrected chi connectivity index (χ1v) is 11.4. The van der Waals surface area contributed by atoms with Crippen molar-refractivity contribution in [3.05, 3.63) is 59.2 Å². The van der Waals surface area contributed by atoms with E-state index in [2.05, 4.69) is 51.3 Å². The maximum atomic E-state index is 13.1. The molecule has 4 rings (SSSR count). The summed E-state index contributed by atoms with van der Waals surface area (Å²) in [6.45, 7) is 5.46. The van der Waals surface area contributed by atoms with Crippen molar-refractivity contribution in [1.82, 2.24) is 25.2 Å². The Balaban J connectivity index is 1.49. The van der Waals surface area contributed by atoms with Gasteiger partial charge in [0.25, 0.3) is 0 Å². The van der Waals surface area contributed by atoms with Crippen molar-refractivity contribution in [3.8, 4) is 10.4 Å². The van der Waals surface area contributed by atoms with Crippen LogP contribution in [-0.4, -0.2) is 51.3 Å². The van der Waals surface area contributed by atoms with E-state index in [1.807, 2.05) is 19.9 Å². The Morgan fingerprint density at radius 1 is 1.23 bits per heavy atom. The maximum absolute atomic E-state index is 13.1. The Bertz CT molecular complexity index is 1040.